The molecule has 2 bridgehead atoms. The number of aliphatic carboxylic acids is 1. The average molecular weight is 547 g/mol. The van der Waals surface area contributed by atoms with Crippen LogP contribution < -0.4 is 20.1 Å². The Morgan fingerprint density at radius 2 is 1.74 bits per heavy atom. The van der Waals surface area contributed by atoms with E-state index >= 15 is 0 Å². The average Bonchev–Trinajstić information content (AvgIpc) is 3.50. The highest BCUT2D eigenvalue weighted by Gasteiger charge is 2.52. The van der Waals surface area contributed by atoms with Crippen LogP contribution in [0, 0.1) is 29.0 Å². The molecule has 4 aliphatic carbocycles. The molecule has 39 heavy (non-hydrogen) atoms. The number of carbonyl (C=O) groups excluding carboxylic acids is 2. The van der Waals surface area contributed by atoms with Gasteiger partial charge in [0, 0.05) is 18.7 Å². The number of carbonyl (C=O) groups is 3. The number of fused-ring (bicyclic) bond motifs is 2. The maximum absolute atomic E-state index is 14.9. The van der Waals surface area contributed by atoms with Crippen LogP contribution in [0.5, 0.6) is 11.5 Å². The summed E-state index contributed by atoms with van der Waals surface area (Å²) < 4.78 is 26.0. The molecule has 1 aromatic carbocycles. The van der Waals surface area contributed by atoms with Crippen molar-refractivity contribution in [2.24, 2.45) is 23.2 Å². The second-order valence-corrected chi connectivity index (χ2v) is 12.4. The van der Waals surface area contributed by atoms with Crippen LogP contribution in [0.25, 0.3) is 0 Å². The van der Waals surface area contributed by atoms with Crippen molar-refractivity contribution in [3.8, 4) is 11.5 Å². The van der Waals surface area contributed by atoms with Gasteiger partial charge in [-0.15, -0.1) is 0 Å². The fraction of sp³-hybridized carbons (Fsp3) is 0.690. The molecule has 0 spiro atoms. The fourth-order valence-corrected chi connectivity index (χ4v) is 7.03. The Morgan fingerprint density at radius 3 is 2.36 bits per heavy atom. The summed E-state index contributed by atoms with van der Waals surface area (Å²) in [7, 11) is 1.36. The van der Waals surface area contributed by atoms with Gasteiger partial charge in [0.2, 0.25) is 5.91 Å². The highest BCUT2D eigenvalue weighted by atomic mass is 19.1. The van der Waals surface area contributed by atoms with Crippen LogP contribution in [0.1, 0.15) is 81.5 Å². The lowest BCUT2D eigenvalue weighted by Gasteiger charge is -2.39. The topological polar surface area (TPSA) is 134 Å². The highest BCUT2D eigenvalue weighted by Crippen LogP contribution is 2.49. The number of methoxy groups -OCH3 is 1. The molecule has 0 saturated heterocycles. The van der Waals surface area contributed by atoms with Gasteiger partial charge in [-0.05, 0) is 81.1 Å². The summed E-state index contributed by atoms with van der Waals surface area (Å²) in [5.74, 6) is -2.37. The first-order valence-corrected chi connectivity index (χ1v) is 14.1. The quantitative estimate of drug-likeness (QED) is 0.373. The third kappa shape index (κ3) is 5.44. The number of carboxylic acid groups (broad SMARTS) is 1. The molecule has 4 aliphatic rings. The smallest absolute Gasteiger partial charge is 0.335 e. The van der Waals surface area contributed by atoms with Crippen LogP contribution in [-0.2, 0) is 9.59 Å². The van der Waals surface area contributed by atoms with Gasteiger partial charge >= 0.3 is 5.97 Å². The molecular formula is C29H39FN2O7. The molecule has 0 radical (unpaired) electrons. The number of ether oxygens (including phenoxy) is 2. The first-order chi connectivity index (χ1) is 18.5. The summed E-state index contributed by atoms with van der Waals surface area (Å²) in [6.07, 6.45) is 6.19. The van der Waals surface area contributed by atoms with Crippen LogP contribution in [0.4, 0.5) is 4.39 Å². The molecule has 214 valence electrons. The zero-order chi connectivity index (χ0) is 27.9. The van der Waals surface area contributed by atoms with E-state index in [1.165, 1.54) is 19.6 Å². The standard InChI is InChI=1S/C29H39FN2O7/c1-28(8-3-9-28)15-31-26(34)23-16-4-5-17(12-16)24(23)32-25(33)19-13-22(20(30)14-21(19)38-2)39-18-6-10-29(37,11-7-18)27(35)36/h13-14,16-18,23-24,37H,3-12,15H2,1-2H3,(H,31,34)(H,32,33)(H,35,36). The molecule has 4 atom stereocenters. The lowest BCUT2D eigenvalue weighted by molar-refractivity contribution is -0.163. The third-order valence-corrected chi connectivity index (χ3v) is 9.72. The number of aliphatic hydroxyl groups is 1. The molecule has 5 rings (SSSR count). The summed E-state index contributed by atoms with van der Waals surface area (Å²) in [4.78, 5) is 38.1. The number of rotatable bonds is 9. The minimum absolute atomic E-state index is 0.00524. The maximum atomic E-state index is 14.9. The number of nitrogens with one attached hydrogen (secondary N) is 2. The monoisotopic (exact) mass is 546 g/mol. The SMILES string of the molecule is COc1cc(F)c(OC2CCC(O)(C(=O)O)CC2)cc1C(=O)NC1C2CCC(C2)C1C(=O)NCC1(C)CCC1. The van der Waals surface area contributed by atoms with E-state index in [2.05, 4.69) is 17.6 Å². The molecule has 2 amide bonds. The van der Waals surface area contributed by atoms with Crippen LogP contribution in [-0.4, -0.2) is 59.4 Å². The predicted molar refractivity (Wildman–Crippen MR) is 139 cm³/mol. The van der Waals surface area contributed by atoms with E-state index in [1.54, 1.807) is 0 Å². The van der Waals surface area contributed by atoms with Crippen molar-refractivity contribution in [2.75, 3.05) is 13.7 Å². The van der Waals surface area contributed by atoms with Crippen molar-refractivity contribution < 1.29 is 38.5 Å². The molecule has 0 heterocycles. The molecule has 10 heteroatoms. The molecule has 0 aliphatic heterocycles. The Kier molecular flexibility index (Phi) is 7.52. The second kappa shape index (κ2) is 10.6. The predicted octanol–water partition coefficient (Wildman–Crippen LogP) is 3.42. The Morgan fingerprint density at radius 1 is 1.05 bits per heavy atom. The number of carboxylic acids is 1. The Bertz CT molecular complexity index is 1130. The highest BCUT2D eigenvalue weighted by molar-refractivity contribution is 5.98. The minimum Gasteiger partial charge on any atom is -0.496 e. The lowest BCUT2D eigenvalue weighted by Crippen LogP contribution is -2.51. The normalized spacial score (nSPS) is 32.7. The van der Waals surface area contributed by atoms with Crippen molar-refractivity contribution >= 4 is 17.8 Å². The lowest BCUT2D eigenvalue weighted by atomic mass is 9.70. The van der Waals surface area contributed by atoms with E-state index in [9.17, 15) is 29.0 Å². The zero-order valence-electron chi connectivity index (χ0n) is 22.6. The summed E-state index contributed by atoms with van der Waals surface area (Å²) in [5, 5.41) is 25.6. The van der Waals surface area contributed by atoms with Crippen LogP contribution in [0.2, 0.25) is 0 Å². The molecule has 4 fully saturated rings. The molecule has 4 unspecified atom stereocenters. The number of hydrogen-bond donors (Lipinski definition) is 4. The van der Waals surface area contributed by atoms with Gasteiger partial charge in [-0.25, -0.2) is 9.18 Å². The van der Waals surface area contributed by atoms with Crippen LogP contribution >= 0.6 is 0 Å². The van der Waals surface area contributed by atoms with Crippen molar-refractivity contribution in [1.29, 1.82) is 0 Å². The Labute approximate surface area is 227 Å². The van der Waals surface area contributed by atoms with E-state index in [0.29, 0.717) is 6.54 Å². The van der Waals surface area contributed by atoms with Crippen molar-refractivity contribution in [1.82, 2.24) is 10.6 Å². The summed E-state index contributed by atoms with van der Waals surface area (Å²) in [6, 6.07) is 2.10. The van der Waals surface area contributed by atoms with Crippen molar-refractivity contribution in [2.45, 2.75) is 88.9 Å². The minimum atomic E-state index is -1.80. The van der Waals surface area contributed by atoms with Gasteiger partial charge in [-0.1, -0.05) is 13.3 Å². The molecule has 1 aromatic rings. The number of benzene rings is 1. The molecular weight excluding hydrogens is 507 g/mol. The summed E-state index contributed by atoms with van der Waals surface area (Å²) >= 11 is 0. The Balaban J connectivity index is 1.28. The largest absolute Gasteiger partial charge is 0.496 e. The van der Waals surface area contributed by atoms with Gasteiger partial charge < -0.3 is 30.3 Å². The van der Waals surface area contributed by atoms with Gasteiger partial charge in [0.25, 0.3) is 5.91 Å². The van der Waals surface area contributed by atoms with Gasteiger partial charge in [0.15, 0.2) is 17.2 Å². The molecule has 4 N–H and O–H groups in total. The molecule has 4 saturated carbocycles. The fourth-order valence-electron chi connectivity index (χ4n) is 7.03. The van der Waals surface area contributed by atoms with Crippen molar-refractivity contribution in [3.63, 3.8) is 0 Å². The first-order valence-electron chi connectivity index (χ1n) is 14.1. The third-order valence-electron chi connectivity index (χ3n) is 9.72. The van der Waals surface area contributed by atoms with Crippen molar-refractivity contribution in [3.05, 3.63) is 23.5 Å². The summed E-state index contributed by atoms with van der Waals surface area (Å²) in [6.45, 7) is 2.84. The zero-order valence-corrected chi connectivity index (χ0v) is 22.6. The Hall–Kier alpha value is -2.88. The van der Waals surface area contributed by atoms with Crippen LogP contribution in [0.15, 0.2) is 12.1 Å². The number of amides is 2. The van der Waals surface area contributed by atoms with Gasteiger partial charge in [0.1, 0.15) is 5.75 Å². The van der Waals surface area contributed by atoms with E-state index in [4.69, 9.17) is 9.47 Å². The summed E-state index contributed by atoms with van der Waals surface area (Å²) in [5.41, 5.74) is -1.53. The van der Waals surface area contributed by atoms with Gasteiger partial charge in [-0.2, -0.15) is 0 Å². The first kappa shape index (κ1) is 27.7. The van der Waals surface area contributed by atoms with Gasteiger partial charge in [0.05, 0.1) is 24.7 Å². The van der Waals surface area contributed by atoms with Gasteiger partial charge in [-0.3, -0.25) is 9.59 Å². The number of halogens is 1. The van der Waals surface area contributed by atoms with Crippen LogP contribution in [0.3, 0.4) is 0 Å². The number of hydrogen-bond acceptors (Lipinski definition) is 6. The van der Waals surface area contributed by atoms with E-state index < -0.39 is 29.4 Å². The van der Waals surface area contributed by atoms with E-state index in [-0.39, 0.29) is 77.9 Å². The second-order valence-electron chi connectivity index (χ2n) is 12.4. The van der Waals surface area contributed by atoms with E-state index in [1.807, 2.05) is 0 Å². The van der Waals surface area contributed by atoms with E-state index in [0.717, 1.165) is 38.2 Å². The maximum Gasteiger partial charge on any atom is 0.335 e. The molecule has 9 nitrogen and oxygen atoms in total. The molecule has 0 aromatic heterocycles.